The molecule has 0 aliphatic carbocycles. The highest BCUT2D eigenvalue weighted by molar-refractivity contribution is 5.76. The summed E-state index contributed by atoms with van der Waals surface area (Å²) in [5, 5.41) is 54.8. The van der Waals surface area contributed by atoms with E-state index in [1.54, 1.807) is 6.08 Å². The summed E-state index contributed by atoms with van der Waals surface area (Å²) in [7, 11) is 0. The van der Waals surface area contributed by atoms with E-state index in [2.05, 4.69) is 79.9 Å². The van der Waals surface area contributed by atoms with Crippen LogP contribution < -0.4 is 5.32 Å². The summed E-state index contributed by atoms with van der Waals surface area (Å²) in [6.07, 6.45) is 90.5. The van der Waals surface area contributed by atoms with Crippen molar-refractivity contribution in [3.05, 3.63) is 72.9 Å². The van der Waals surface area contributed by atoms with Gasteiger partial charge in [-0.2, -0.15) is 0 Å². The zero-order valence-corrected chi connectivity index (χ0v) is 58.4. The molecule has 6 N–H and O–H groups in total. The lowest BCUT2D eigenvalue weighted by Gasteiger charge is -2.40. The minimum Gasteiger partial charge on any atom is -0.394 e. The van der Waals surface area contributed by atoms with E-state index in [1.165, 1.54) is 289 Å². The van der Waals surface area contributed by atoms with Crippen LogP contribution in [0.4, 0.5) is 0 Å². The number of ether oxygens (including phenoxy) is 2. The van der Waals surface area contributed by atoms with Gasteiger partial charge in [-0.3, -0.25) is 4.79 Å². The summed E-state index contributed by atoms with van der Waals surface area (Å²) in [5.74, 6) is -0.180. The van der Waals surface area contributed by atoms with Gasteiger partial charge in [-0.1, -0.05) is 369 Å². The van der Waals surface area contributed by atoms with Crippen LogP contribution >= 0.6 is 0 Å². The number of unbranched alkanes of at least 4 members (excludes halogenated alkanes) is 48. The molecular formula is C80H147NO8. The summed E-state index contributed by atoms with van der Waals surface area (Å²) >= 11 is 0. The van der Waals surface area contributed by atoms with Crippen LogP contribution in [0.5, 0.6) is 0 Å². The monoisotopic (exact) mass is 1250 g/mol. The number of aliphatic hydroxyl groups excluding tert-OH is 5. The van der Waals surface area contributed by atoms with Crippen molar-refractivity contribution in [1.82, 2.24) is 5.32 Å². The van der Waals surface area contributed by atoms with Gasteiger partial charge in [0.05, 0.1) is 25.4 Å². The van der Waals surface area contributed by atoms with Crippen LogP contribution in [-0.4, -0.2) is 87.5 Å². The zero-order chi connectivity index (χ0) is 64.2. The van der Waals surface area contributed by atoms with Gasteiger partial charge >= 0.3 is 0 Å². The minimum atomic E-state index is -1.57. The molecule has 1 amide bonds. The van der Waals surface area contributed by atoms with Crippen LogP contribution in [0.25, 0.3) is 0 Å². The Labute approximate surface area is 550 Å². The Kier molecular flexibility index (Phi) is 65.1. The molecule has 0 bridgehead atoms. The molecule has 0 aromatic carbocycles. The van der Waals surface area contributed by atoms with Crippen molar-refractivity contribution in [1.29, 1.82) is 0 Å². The Bertz CT molecular complexity index is 1640. The molecule has 89 heavy (non-hydrogen) atoms. The first kappa shape index (κ1) is 84.6. The quantitative estimate of drug-likeness (QED) is 0.0261. The molecule has 0 spiro atoms. The fraction of sp³-hybridized carbons (Fsp3) is 0.838. The Hall–Kier alpha value is -2.37. The van der Waals surface area contributed by atoms with Gasteiger partial charge in [0.25, 0.3) is 0 Å². The summed E-state index contributed by atoms with van der Waals surface area (Å²) in [4.78, 5) is 13.2. The van der Waals surface area contributed by atoms with Crippen molar-refractivity contribution in [2.24, 2.45) is 0 Å². The molecule has 7 unspecified atom stereocenters. The molecule has 1 heterocycles. The number of rotatable bonds is 68. The maximum absolute atomic E-state index is 13.2. The zero-order valence-electron chi connectivity index (χ0n) is 58.4. The van der Waals surface area contributed by atoms with E-state index in [4.69, 9.17) is 9.47 Å². The van der Waals surface area contributed by atoms with Gasteiger partial charge in [0.15, 0.2) is 6.29 Å². The standard InChI is InChI=1S/C80H147NO8/c1-3-5-7-9-11-13-15-17-19-21-23-25-27-29-30-31-32-33-34-35-36-37-38-39-40-41-42-43-44-46-48-50-52-54-56-58-60-62-64-66-68-70-76(84)81-73(72-88-80-79(87)78(86)77(85)75(71-82)89-80)74(83)69-67-65-63-61-59-57-55-53-51-49-47-45-28-26-24-22-20-18-16-14-12-10-8-6-4-2/h5,7,11,13,17,19,23,25,59,61,67,69,73-75,77-80,82-83,85-87H,3-4,6,8-10,12,14-16,18,20-22,24,26-58,60,62-66,68,70-72H2,1-2H3,(H,81,84)/b7-5-,13-11-,19-17-,25-23-,61-59+,69-67+. The van der Waals surface area contributed by atoms with Crippen LogP contribution in [0.1, 0.15) is 373 Å². The Balaban J connectivity index is 2.06. The average Bonchev–Trinajstić information content (AvgIpc) is 2.59. The molecule has 1 aliphatic heterocycles. The first-order valence-electron chi connectivity index (χ1n) is 38.7. The molecule has 1 fully saturated rings. The maximum Gasteiger partial charge on any atom is 0.220 e. The van der Waals surface area contributed by atoms with Crippen LogP contribution in [0, 0.1) is 0 Å². The Morgan fingerprint density at radius 2 is 0.708 bits per heavy atom. The topological polar surface area (TPSA) is 149 Å². The van der Waals surface area contributed by atoms with Crippen molar-refractivity contribution < 1.29 is 39.8 Å². The van der Waals surface area contributed by atoms with E-state index in [9.17, 15) is 30.3 Å². The van der Waals surface area contributed by atoms with Gasteiger partial charge < -0.3 is 40.3 Å². The maximum atomic E-state index is 13.2. The number of aliphatic hydroxyl groups is 5. The van der Waals surface area contributed by atoms with Gasteiger partial charge in [0, 0.05) is 6.42 Å². The number of nitrogens with one attached hydrogen (secondary N) is 1. The number of carbonyl (C=O) groups is 1. The number of hydrogen-bond acceptors (Lipinski definition) is 8. The van der Waals surface area contributed by atoms with Crippen molar-refractivity contribution in [2.75, 3.05) is 13.2 Å². The molecule has 0 saturated carbocycles. The molecule has 1 aliphatic rings. The average molecular weight is 1250 g/mol. The molecule has 7 atom stereocenters. The molecule has 0 aromatic heterocycles. The Morgan fingerprint density at radius 1 is 0.393 bits per heavy atom. The second kappa shape index (κ2) is 68.5. The van der Waals surface area contributed by atoms with Gasteiger partial charge in [-0.05, 0) is 70.6 Å². The number of hydrogen-bond donors (Lipinski definition) is 6. The third-order valence-corrected chi connectivity index (χ3v) is 18.3. The number of allylic oxidation sites excluding steroid dienone is 11. The highest BCUT2D eigenvalue weighted by Gasteiger charge is 2.44. The smallest absolute Gasteiger partial charge is 0.220 e. The van der Waals surface area contributed by atoms with E-state index in [0.717, 1.165) is 64.2 Å². The fourth-order valence-corrected chi connectivity index (χ4v) is 12.3. The van der Waals surface area contributed by atoms with Crippen LogP contribution in [-0.2, 0) is 14.3 Å². The second-order valence-electron chi connectivity index (χ2n) is 26.8. The molecule has 0 aromatic rings. The number of carbonyl (C=O) groups excluding carboxylic acids is 1. The molecule has 520 valence electrons. The van der Waals surface area contributed by atoms with Gasteiger partial charge in [-0.25, -0.2) is 0 Å². The minimum absolute atomic E-state index is 0.180. The van der Waals surface area contributed by atoms with Gasteiger partial charge in [-0.15, -0.1) is 0 Å². The van der Waals surface area contributed by atoms with E-state index < -0.39 is 49.5 Å². The second-order valence-corrected chi connectivity index (χ2v) is 26.8. The molecule has 9 heteroatoms. The lowest BCUT2D eigenvalue weighted by atomic mass is 9.99. The van der Waals surface area contributed by atoms with Crippen LogP contribution in [0.2, 0.25) is 0 Å². The highest BCUT2D eigenvalue weighted by Crippen LogP contribution is 2.24. The first-order valence-corrected chi connectivity index (χ1v) is 38.7. The normalized spacial score (nSPS) is 18.2. The molecule has 0 radical (unpaired) electrons. The van der Waals surface area contributed by atoms with Crippen molar-refractivity contribution in [2.45, 2.75) is 416 Å². The largest absolute Gasteiger partial charge is 0.394 e. The molecule has 1 rings (SSSR count). The predicted octanol–water partition coefficient (Wildman–Crippen LogP) is 21.9. The lowest BCUT2D eigenvalue weighted by Crippen LogP contribution is -2.60. The van der Waals surface area contributed by atoms with E-state index >= 15 is 0 Å². The molecule has 9 nitrogen and oxygen atoms in total. The van der Waals surface area contributed by atoms with Gasteiger partial charge in [0.1, 0.15) is 24.4 Å². The lowest BCUT2D eigenvalue weighted by molar-refractivity contribution is -0.302. The molecular weight excluding hydrogens is 1100 g/mol. The first-order chi connectivity index (χ1) is 43.8. The van der Waals surface area contributed by atoms with Crippen molar-refractivity contribution in [3.63, 3.8) is 0 Å². The van der Waals surface area contributed by atoms with Crippen LogP contribution in [0.15, 0.2) is 72.9 Å². The van der Waals surface area contributed by atoms with E-state index in [0.29, 0.717) is 6.42 Å². The summed E-state index contributed by atoms with van der Waals surface area (Å²) in [6.45, 7) is 3.70. The third-order valence-electron chi connectivity index (χ3n) is 18.3. The third kappa shape index (κ3) is 56.9. The number of amides is 1. The van der Waals surface area contributed by atoms with E-state index in [1.807, 2.05) is 6.08 Å². The Morgan fingerprint density at radius 3 is 1.08 bits per heavy atom. The summed E-state index contributed by atoms with van der Waals surface area (Å²) < 4.78 is 11.3. The fourth-order valence-electron chi connectivity index (χ4n) is 12.3. The van der Waals surface area contributed by atoms with Gasteiger partial charge in [0.2, 0.25) is 5.91 Å². The van der Waals surface area contributed by atoms with Crippen molar-refractivity contribution >= 4 is 5.91 Å². The molecule has 1 saturated heterocycles. The van der Waals surface area contributed by atoms with E-state index in [-0.39, 0.29) is 12.5 Å². The predicted molar refractivity (Wildman–Crippen MR) is 382 cm³/mol. The SMILES string of the molecule is CC/C=C\C/C=C\C/C=C\C/C=C\CCCCCCCCCCCCCCCCCCCCCCCCCCCCCCC(=O)NC(COC1OC(CO)C(O)C(O)C1O)C(O)/C=C/CC/C=C/CCCCCCCCCCCCCCCCCCCCC. The summed E-state index contributed by atoms with van der Waals surface area (Å²) in [5.41, 5.74) is 0. The van der Waals surface area contributed by atoms with Crippen LogP contribution in [0.3, 0.4) is 0 Å². The highest BCUT2D eigenvalue weighted by atomic mass is 16.7. The van der Waals surface area contributed by atoms with Crippen molar-refractivity contribution in [3.8, 4) is 0 Å². The summed E-state index contributed by atoms with van der Waals surface area (Å²) in [6, 6.07) is -0.823.